The first-order valence-electron chi connectivity index (χ1n) is 5.00. The Kier molecular flexibility index (Phi) is 3.57. The van der Waals surface area contributed by atoms with Gasteiger partial charge >= 0.3 is 5.88 Å². The number of nitrogens with one attached hydrogen (secondary N) is 1. The zero-order valence-corrected chi connectivity index (χ0v) is 9.39. The van der Waals surface area contributed by atoms with Crippen LogP contribution >= 0.6 is 0 Å². The number of amides is 1. The standard InChI is InChI=1S/C10H7N5O4/c16-10(8-6-11-3-4-12-8)14-13-5-7-1-2-9(19-7)15(17)18/h1-6H,(H,14,16)/b13-5-. The smallest absolute Gasteiger partial charge is 0.400 e. The van der Waals surface area contributed by atoms with E-state index in [9.17, 15) is 14.9 Å². The Labute approximate surface area is 106 Å². The van der Waals surface area contributed by atoms with Crippen molar-refractivity contribution in [3.8, 4) is 0 Å². The summed E-state index contributed by atoms with van der Waals surface area (Å²) in [6, 6.07) is 2.54. The van der Waals surface area contributed by atoms with Crippen molar-refractivity contribution in [3.05, 3.63) is 52.3 Å². The molecule has 0 unspecified atom stereocenters. The molecule has 0 fully saturated rings. The second-order valence-electron chi connectivity index (χ2n) is 3.22. The number of nitro groups is 1. The molecule has 9 nitrogen and oxygen atoms in total. The molecule has 0 atom stereocenters. The second-order valence-corrected chi connectivity index (χ2v) is 3.22. The van der Waals surface area contributed by atoms with Crippen molar-refractivity contribution >= 4 is 18.0 Å². The van der Waals surface area contributed by atoms with Gasteiger partial charge in [0.05, 0.1) is 18.5 Å². The molecule has 2 rings (SSSR count). The van der Waals surface area contributed by atoms with Crippen LogP contribution in [0.5, 0.6) is 0 Å². The topological polar surface area (TPSA) is 124 Å². The minimum Gasteiger partial charge on any atom is -0.400 e. The number of hydrogen-bond acceptors (Lipinski definition) is 7. The third kappa shape index (κ3) is 3.19. The summed E-state index contributed by atoms with van der Waals surface area (Å²) >= 11 is 0. The molecule has 2 heterocycles. The average Bonchev–Trinajstić information content (AvgIpc) is 2.89. The van der Waals surface area contributed by atoms with E-state index in [-0.39, 0.29) is 11.5 Å². The average molecular weight is 261 g/mol. The molecular formula is C10H7N5O4. The quantitative estimate of drug-likeness (QED) is 0.491. The molecule has 0 aromatic carbocycles. The molecule has 9 heteroatoms. The highest BCUT2D eigenvalue weighted by atomic mass is 16.6. The monoisotopic (exact) mass is 261 g/mol. The molecule has 0 saturated carbocycles. The van der Waals surface area contributed by atoms with E-state index >= 15 is 0 Å². The molecular weight excluding hydrogens is 254 g/mol. The molecule has 0 aliphatic rings. The maximum atomic E-state index is 11.5. The summed E-state index contributed by atoms with van der Waals surface area (Å²) in [5, 5.41) is 13.9. The molecule has 1 N–H and O–H groups in total. The minimum atomic E-state index is -0.671. The van der Waals surface area contributed by atoms with Crippen LogP contribution in [0, 0.1) is 10.1 Å². The van der Waals surface area contributed by atoms with Gasteiger partial charge in [0.1, 0.15) is 10.6 Å². The Morgan fingerprint density at radius 3 is 2.95 bits per heavy atom. The van der Waals surface area contributed by atoms with Gasteiger partial charge in [-0.1, -0.05) is 0 Å². The van der Waals surface area contributed by atoms with Gasteiger partial charge in [-0.2, -0.15) is 5.10 Å². The van der Waals surface area contributed by atoms with Crippen LogP contribution in [0.25, 0.3) is 0 Å². The third-order valence-electron chi connectivity index (χ3n) is 1.95. The summed E-state index contributed by atoms with van der Waals surface area (Å²) in [6.45, 7) is 0. The fraction of sp³-hybridized carbons (Fsp3) is 0. The number of hydrogen-bond donors (Lipinski definition) is 1. The Hall–Kier alpha value is -3.10. The number of hydrazone groups is 1. The van der Waals surface area contributed by atoms with Crippen LogP contribution in [0.1, 0.15) is 16.2 Å². The van der Waals surface area contributed by atoms with Gasteiger partial charge in [0.15, 0.2) is 5.76 Å². The Balaban J connectivity index is 1.96. The number of carbonyl (C=O) groups is 1. The van der Waals surface area contributed by atoms with Gasteiger partial charge in [-0.25, -0.2) is 10.4 Å². The first kappa shape index (κ1) is 12.4. The van der Waals surface area contributed by atoms with Gasteiger partial charge in [0.25, 0.3) is 5.91 Å². The molecule has 0 radical (unpaired) electrons. The molecule has 0 aliphatic carbocycles. The molecule has 2 aromatic heterocycles. The number of nitrogens with zero attached hydrogens (tertiary/aromatic N) is 4. The van der Waals surface area contributed by atoms with Crippen LogP contribution in [0.2, 0.25) is 0 Å². The van der Waals surface area contributed by atoms with Crippen molar-refractivity contribution in [1.82, 2.24) is 15.4 Å². The molecule has 0 aliphatic heterocycles. The second kappa shape index (κ2) is 5.49. The predicted molar refractivity (Wildman–Crippen MR) is 62.5 cm³/mol. The number of aromatic nitrogens is 2. The van der Waals surface area contributed by atoms with E-state index in [1.54, 1.807) is 0 Å². The Morgan fingerprint density at radius 2 is 2.32 bits per heavy atom. The van der Waals surface area contributed by atoms with E-state index in [4.69, 9.17) is 4.42 Å². The van der Waals surface area contributed by atoms with E-state index < -0.39 is 16.7 Å². The number of carbonyl (C=O) groups excluding carboxylic acids is 1. The van der Waals surface area contributed by atoms with Crippen molar-refractivity contribution in [2.24, 2.45) is 5.10 Å². The minimum absolute atomic E-state index is 0.102. The zero-order chi connectivity index (χ0) is 13.7. The predicted octanol–water partition coefficient (Wildman–Crippen LogP) is 0.742. The molecule has 96 valence electrons. The van der Waals surface area contributed by atoms with Gasteiger partial charge in [-0.3, -0.25) is 19.9 Å². The largest absolute Gasteiger partial charge is 0.433 e. The van der Waals surface area contributed by atoms with E-state index in [2.05, 4.69) is 20.5 Å². The van der Waals surface area contributed by atoms with Crippen LogP contribution in [0.4, 0.5) is 5.88 Å². The zero-order valence-electron chi connectivity index (χ0n) is 9.39. The normalized spacial score (nSPS) is 10.5. The Morgan fingerprint density at radius 1 is 1.47 bits per heavy atom. The fourth-order valence-electron chi connectivity index (χ4n) is 1.14. The molecule has 0 spiro atoms. The lowest BCUT2D eigenvalue weighted by atomic mass is 10.4. The van der Waals surface area contributed by atoms with Gasteiger partial charge in [0.2, 0.25) is 0 Å². The third-order valence-corrected chi connectivity index (χ3v) is 1.95. The van der Waals surface area contributed by atoms with Gasteiger partial charge in [-0.05, 0) is 6.07 Å². The van der Waals surface area contributed by atoms with Crippen molar-refractivity contribution in [2.45, 2.75) is 0 Å². The number of furan rings is 1. The summed E-state index contributed by atoms with van der Waals surface area (Å²) in [6.07, 6.45) is 5.22. The van der Waals surface area contributed by atoms with Crippen LogP contribution in [0.3, 0.4) is 0 Å². The fourth-order valence-corrected chi connectivity index (χ4v) is 1.14. The molecule has 1 amide bonds. The highest BCUT2D eigenvalue weighted by Crippen LogP contribution is 2.13. The Bertz CT molecular complexity index is 622. The highest BCUT2D eigenvalue weighted by Gasteiger charge is 2.10. The number of rotatable bonds is 4. The lowest BCUT2D eigenvalue weighted by Crippen LogP contribution is -2.18. The van der Waals surface area contributed by atoms with Gasteiger partial charge in [-0.15, -0.1) is 0 Å². The van der Waals surface area contributed by atoms with E-state index in [0.717, 1.165) is 6.21 Å². The van der Waals surface area contributed by atoms with E-state index in [0.29, 0.717) is 0 Å². The van der Waals surface area contributed by atoms with Crippen molar-refractivity contribution in [1.29, 1.82) is 0 Å². The lowest BCUT2D eigenvalue weighted by Gasteiger charge is -1.96. The molecule has 0 saturated heterocycles. The van der Waals surface area contributed by atoms with Crippen LogP contribution in [0.15, 0.2) is 40.2 Å². The van der Waals surface area contributed by atoms with Crippen molar-refractivity contribution in [3.63, 3.8) is 0 Å². The van der Waals surface area contributed by atoms with Crippen molar-refractivity contribution < 1.29 is 14.1 Å². The van der Waals surface area contributed by atoms with Crippen molar-refractivity contribution in [2.75, 3.05) is 0 Å². The van der Waals surface area contributed by atoms with Gasteiger partial charge < -0.3 is 4.42 Å². The first-order chi connectivity index (χ1) is 9.16. The summed E-state index contributed by atoms with van der Waals surface area (Å²) in [5.74, 6) is -0.807. The van der Waals surface area contributed by atoms with E-state index in [1.165, 1.54) is 30.7 Å². The van der Waals surface area contributed by atoms with Crippen LogP contribution < -0.4 is 5.43 Å². The maximum absolute atomic E-state index is 11.5. The summed E-state index contributed by atoms with van der Waals surface area (Å²) in [7, 11) is 0. The van der Waals surface area contributed by atoms with Gasteiger partial charge in [0, 0.05) is 12.4 Å². The SMILES string of the molecule is O=C(N/N=C\c1ccc([N+](=O)[O-])o1)c1cnccn1. The molecule has 0 bridgehead atoms. The summed E-state index contributed by atoms with van der Waals surface area (Å²) in [4.78, 5) is 28.7. The summed E-state index contributed by atoms with van der Waals surface area (Å²) in [5.41, 5.74) is 2.29. The molecule has 19 heavy (non-hydrogen) atoms. The molecule has 2 aromatic rings. The maximum Gasteiger partial charge on any atom is 0.433 e. The summed E-state index contributed by atoms with van der Waals surface area (Å²) < 4.78 is 4.80. The van der Waals surface area contributed by atoms with Crippen LogP contribution in [-0.2, 0) is 0 Å². The van der Waals surface area contributed by atoms with Crippen LogP contribution in [-0.4, -0.2) is 27.0 Å². The van der Waals surface area contributed by atoms with E-state index in [1.807, 2.05) is 0 Å². The lowest BCUT2D eigenvalue weighted by molar-refractivity contribution is -0.402. The first-order valence-corrected chi connectivity index (χ1v) is 5.00. The highest BCUT2D eigenvalue weighted by molar-refractivity contribution is 5.92.